The van der Waals surface area contributed by atoms with Crippen molar-refractivity contribution in [2.45, 2.75) is 68.8 Å². The summed E-state index contributed by atoms with van der Waals surface area (Å²) in [6.07, 6.45) is 4.57. The topological polar surface area (TPSA) is 114 Å². The number of carbonyl (C=O) groups is 1. The van der Waals surface area contributed by atoms with Crippen LogP contribution < -0.4 is 10.2 Å². The number of hydrogen-bond acceptors (Lipinski definition) is 6. The second-order valence-electron chi connectivity index (χ2n) is 9.44. The molecule has 1 N–H and O–H groups in total. The maximum Gasteiger partial charge on any atom is 0.328 e. The fourth-order valence-corrected chi connectivity index (χ4v) is 7.35. The molecule has 0 bridgehead atoms. The van der Waals surface area contributed by atoms with Crippen LogP contribution in [0.4, 0.5) is 19.3 Å². The van der Waals surface area contributed by atoms with Crippen molar-refractivity contribution in [1.29, 1.82) is 0 Å². The molecule has 2 unspecified atom stereocenters. The summed E-state index contributed by atoms with van der Waals surface area (Å²) in [6, 6.07) is 2.28. The Balaban J connectivity index is 1.62. The van der Waals surface area contributed by atoms with Crippen molar-refractivity contribution in [3.8, 4) is 0 Å². The number of urea groups is 1. The first-order chi connectivity index (χ1) is 16.6. The Morgan fingerprint density at radius 3 is 2.51 bits per heavy atom. The van der Waals surface area contributed by atoms with Crippen molar-refractivity contribution in [2.24, 2.45) is 4.99 Å². The number of halogens is 2. The number of amides is 2. The predicted molar refractivity (Wildman–Crippen MR) is 124 cm³/mol. The summed E-state index contributed by atoms with van der Waals surface area (Å²) < 4.78 is 62.0. The second kappa shape index (κ2) is 8.75. The van der Waals surface area contributed by atoms with Gasteiger partial charge in [-0.1, -0.05) is 22.2 Å². The lowest BCUT2D eigenvalue weighted by Crippen LogP contribution is -2.62. The molecule has 1 saturated carbocycles. The van der Waals surface area contributed by atoms with Gasteiger partial charge in [-0.3, -0.25) is 15.2 Å². The van der Waals surface area contributed by atoms with Crippen molar-refractivity contribution in [1.82, 2.24) is 14.8 Å². The number of rotatable bonds is 4. The quantitative estimate of drug-likeness (QED) is 0.631. The van der Waals surface area contributed by atoms with Crippen molar-refractivity contribution in [3.05, 3.63) is 41.3 Å². The van der Waals surface area contributed by atoms with Gasteiger partial charge in [0.15, 0.2) is 16.2 Å². The van der Waals surface area contributed by atoms with E-state index in [0.29, 0.717) is 18.7 Å². The Morgan fingerprint density at radius 1 is 1.20 bits per heavy atom. The minimum absolute atomic E-state index is 0.000849. The molecule has 1 spiro atoms. The summed E-state index contributed by atoms with van der Waals surface area (Å²) in [4.78, 5) is 19.3. The minimum atomic E-state index is -4.03. The van der Waals surface area contributed by atoms with E-state index in [2.05, 4.69) is 10.5 Å². The lowest BCUT2D eigenvalue weighted by atomic mass is 9.87. The molecule has 1 aromatic heterocycles. The van der Waals surface area contributed by atoms with Crippen molar-refractivity contribution in [2.75, 3.05) is 18.0 Å². The highest BCUT2D eigenvalue weighted by atomic mass is 32.3. The number of aliphatic imine (C=N–C) groups is 1. The Bertz CT molecular complexity index is 1200. The molecule has 1 aliphatic carbocycles. The Morgan fingerprint density at radius 2 is 1.89 bits per heavy atom. The predicted octanol–water partition coefficient (Wildman–Crippen LogP) is 3.88. The summed E-state index contributed by atoms with van der Waals surface area (Å²) >= 11 is 0. The van der Waals surface area contributed by atoms with Gasteiger partial charge in [0.1, 0.15) is 28.7 Å². The number of benzene rings is 1. The molecule has 2 atom stereocenters. The van der Waals surface area contributed by atoms with Crippen LogP contribution in [0.15, 0.2) is 32.6 Å². The molecule has 35 heavy (non-hydrogen) atoms. The van der Waals surface area contributed by atoms with Gasteiger partial charge in [-0.2, -0.15) is 0 Å². The van der Waals surface area contributed by atoms with Gasteiger partial charge in [-0.15, -0.1) is 4.31 Å². The summed E-state index contributed by atoms with van der Waals surface area (Å²) in [5.41, 5.74) is -0.982. The number of aromatic nitrogens is 1. The molecule has 188 valence electrons. The van der Waals surface area contributed by atoms with Gasteiger partial charge in [-0.05, 0) is 44.7 Å². The molecule has 2 aromatic rings. The second-order valence-corrected chi connectivity index (χ2v) is 11.3. The molecular formula is C23H27F2N5O4S. The number of anilines is 1. The molecule has 2 aliphatic heterocycles. The minimum Gasteiger partial charge on any atom is -0.593 e. The molecule has 3 heterocycles. The summed E-state index contributed by atoms with van der Waals surface area (Å²) in [7, 11) is -4.03. The van der Waals surface area contributed by atoms with Gasteiger partial charge in [0, 0.05) is 19.5 Å². The highest BCUT2D eigenvalue weighted by molar-refractivity contribution is 7.95. The fraction of sp³-hybridized carbons (Fsp3) is 0.522. The molecule has 3 aliphatic rings. The molecule has 5 rings (SSSR count). The number of piperidine rings is 1. The van der Waals surface area contributed by atoms with Crippen molar-refractivity contribution < 1.29 is 26.9 Å². The molecule has 1 aromatic carbocycles. The van der Waals surface area contributed by atoms with Crippen LogP contribution in [0.2, 0.25) is 0 Å². The van der Waals surface area contributed by atoms with E-state index in [0.717, 1.165) is 43.9 Å². The molecule has 3 fully saturated rings. The smallest absolute Gasteiger partial charge is 0.328 e. The number of nitrogens with one attached hydrogen (secondary N) is 1. The first-order valence-corrected chi connectivity index (χ1v) is 13.1. The number of amidine groups is 1. The van der Waals surface area contributed by atoms with Crippen LogP contribution in [0.25, 0.3) is 0 Å². The summed E-state index contributed by atoms with van der Waals surface area (Å²) in [6.45, 7) is 3.17. The average Bonchev–Trinajstić information content (AvgIpc) is 3.47. The third-order valence-electron chi connectivity index (χ3n) is 7.04. The maximum absolute atomic E-state index is 14.2. The van der Waals surface area contributed by atoms with E-state index in [9.17, 15) is 22.3 Å². The Kier molecular flexibility index (Phi) is 6.01. The molecular weight excluding hydrogens is 480 g/mol. The van der Waals surface area contributed by atoms with Crippen LogP contribution in [0.1, 0.15) is 50.0 Å². The third-order valence-corrected chi connectivity index (χ3v) is 9.13. The lowest BCUT2D eigenvalue weighted by molar-refractivity contribution is 0.236. The first-order valence-electron chi connectivity index (χ1n) is 11.7. The van der Waals surface area contributed by atoms with E-state index in [4.69, 9.17) is 9.52 Å². The molecule has 2 amide bonds. The fourth-order valence-electron chi connectivity index (χ4n) is 5.53. The number of hydrogen-bond donors (Lipinski definition) is 1. The van der Waals surface area contributed by atoms with Crippen molar-refractivity contribution in [3.63, 3.8) is 0 Å². The number of aryl methyl sites for hydroxylation is 2. The molecule has 12 heteroatoms. The summed E-state index contributed by atoms with van der Waals surface area (Å²) in [5, 5.41) is 6.58. The van der Waals surface area contributed by atoms with Crippen LogP contribution >= 0.6 is 0 Å². The van der Waals surface area contributed by atoms with E-state index in [1.54, 1.807) is 6.92 Å². The van der Waals surface area contributed by atoms with Gasteiger partial charge in [-0.25, -0.2) is 13.6 Å². The summed E-state index contributed by atoms with van der Waals surface area (Å²) in [5.74, 6) is -1.15. The maximum atomic E-state index is 14.2. The van der Waals surface area contributed by atoms with Gasteiger partial charge in [0.25, 0.3) is 0 Å². The highest BCUT2D eigenvalue weighted by Crippen LogP contribution is 2.41. The van der Waals surface area contributed by atoms with Gasteiger partial charge >= 0.3 is 6.03 Å². The standard InChI is InChI=1S/C23H27F2N5O4S/c1-14-20(15(2)34-28-14)35(32,33)29-9-5-8-23(13-29)21(26-18-6-3-4-7-18)27-22(31)30(23)19-11-16(24)10-17(25)12-19/h10-12,18H,3-9,13H2,1-2H3,(H-,26,27,31,32,33). The average molecular weight is 508 g/mol. The van der Waals surface area contributed by atoms with E-state index < -0.39 is 33.6 Å². The first kappa shape index (κ1) is 24.0. The zero-order valence-electron chi connectivity index (χ0n) is 19.6. The van der Waals surface area contributed by atoms with E-state index in [1.807, 2.05) is 0 Å². The van der Waals surface area contributed by atoms with Gasteiger partial charge in [0.05, 0.1) is 18.3 Å². The number of carbonyl (C=O) groups excluding carboxylic acids is 1. The van der Waals surface area contributed by atoms with Gasteiger partial charge in [0.2, 0.25) is 4.90 Å². The normalized spacial score (nSPS) is 26.6. The lowest BCUT2D eigenvalue weighted by Gasteiger charge is -2.44. The largest absolute Gasteiger partial charge is 0.593 e. The van der Waals surface area contributed by atoms with E-state index in [-0.39, 0.29) is 41.2 Å². The van der Waals surface area contributed by atoms with Crippen LogP contribution in [0.3, 0.4) is 0 Å². The third kappa shape index (κ3) is 4.07. The number of nitrogens with zero attached hydrogens (tertiary/aromatic N) is 4. The zero-order chi connectivity index (χ0) is 25.0. The number of sulfonamides is 1. The SMILES string of the molecule is Cc1noc(C)c1[S+](=O)([O-])N1CCCC2(C1)C(=NC1CCCC1)NC(=O)N2c1cc(F)cc(F)c1. The molecule has 9 nitrogen and oxygen atoms in total. The van der Waals surface area contributed by atoms with Crippen molar-refractivity contribution >= 4 is 28.0 Å². The Labute approximate surface area is 202 Å². The Hall–Kier alpha value is -2.70. The van der Waals surface area contributed by atoms with Crippen LogP contribution in [-0.4, -0.2) is 50.6 Å². The van der Waals surface area contributed by atoms with Crippen LogP contribution in [-0.2, 0) is 14.6 Å². The molecule has 0 radical (unpaired) electrons. The van der Waals surface area contributed by atoms with Crippen LogP contribution in [0.5, 0.6) is 0 Å². The molecule has 2 saturated heterocycles. The zero-order valence-corrected chi connectivity index (χ0v) is 20.4. The van der Waals surface area contributed by atoms with E-state index >= 15 is 0 Å². The van der Waals surface area contributed by atoms with E-state index in [1.165, 1.54) is 16.1 Å². The van der Waals surface area contributed by atoms with Crippen LogP contribution in [0, 0.1) is 25.5 Å². The monoisotopic (exact) mass is 507 g/mol. The highest BCUT2D eigenvalue weighted by Gasteiger charge is 2.57. The van der Waals surface area contributed by atoms with Gasteiger partial charge < -0.3 is 9.08 Å².